The number of aryl methyl sites for hydroxylation is 1. The van der Waals surface area contributed by atoms with Gasteiger partial charge in [-0.3, -0.25) is 4.55 Å². The second-order valence-electron chi connectivity index (χ2n) is 6.05. The first-order valence-corrected chi connectivity index (χ1v) is 9.91. The highest BCUT2D eigenvalue weighted by atomic mass is 32.2. The molecule has 0 atom stereocenters. The van der Waals surface area contributed by atoms with Gasteiger partial charge in [0.15, 0.2) is 0 Å². The minimum absolute atomic E-state index is 0.0552. The Bertz CT molecular complexity index is 799. The summed E-state index contributed by atoms with van der Waals surface area (Å²) in [5, 5.41) is 9.50. The first-order chi connectivity index (χ1) is 11.9. The number of phenolic OH excluding ortho intramolecular Hbond substituents is 1. The van der Waals surface area contributed by atoms with Crippen LogP contribution in [0.3, 0.4) is 0 Å². The lowest BCUT2D eigenvalue weighted by Crippen LogP contribution is -2.00. The maximum atomic E-state index is 11.5. The molecule has 0 spiro atoms. The van der Waals surface area contributed by atoms with E-state index in [9.17, 15) is 18.1 Å². The van der Waals surface area contributed by atoms with E-state index in [2.05, 4.69) is 6.92 Å². The van der Waals surface area contributed by atoms with Crippen LogP contribution in [0.4, 0.5) is 0 Å². The molecule has 2 N–H and O–H groups in total. The first kappa shape index (κ1) is 19.3. The van der Waals surface area contributed by atoms with Crippen LogP contribution < -0.4 is 4.74 Å². The SMILES string of the molecule is CCCCCCCc1cc(Oc2cccc(O)c2)cc(S(=O)(=O)O)c1. The van der Waals surface area contributed by atoms with Crippen molar-refractivity contribution in [2.75, 3.05) is 0 Å². The van der Waals surface area contributed by atoms with E-state index in [1.807, 2.05) is 0 Å². The Morgan fingerprint density at radius 1 is 0.960 bits per heavy atom. The van der Waals surface area contributed by atoms with Gasteiger partial charge in [-0.1, -0.05) is 38.7 Å². The zero-order valence-electron chi connectivity index (χ0n) is 14.3. The molecule has 2 aromatic rings. The Hall–Kier alpha value is -2.05. The quantitative estimate of drug-likeness (QED) is 0.486. The normalized spacial score (nSPS) is 11.4. The molecule has 136 valence electrons. The van der Waals surface area contributed by atoms with E-state index in [0.29, 0.717) is 17.9 Å². The summed E-state index contributed by atoms with van der Waals surface area (Å²) in [6, 6.07) is 10.8. The Morgan fingerprint density at radius 3 is 2.40 bits per heavy atom. The highest BCUT2D eigenvalue weighted by Crippen LogP contribution is 2.28. The summed E-state index contributed by atoms with van der Waals surface area (Å²) in [5.41, 5.74) is 0.793. The number of unbranched alkanes of at least 4 members (excludes halogenated alkanes) is 4. The number of benzene rings is 2. The molecule has 2 aromatic carbocycles. The molecule has 0 bridgehead atoms. The van der Waals surface area contributed by atoms with Crippen molar-refractivity contribution in [3.63, 3.8) is 0 Å². The van der Waals surface area contributed by atoms with E-state index in [1.54, 1.807) is 18.2 Å². The molecular weight excluding hydrogens is 340 g/mol. The van der Waals surface area contributed by atoms with Crippen LogP contribution in [-0.2, 0) is 16.5 Å². The summed E-state index contributed by atoms with van der Waals surface area (Å²) >= 11 is 0. The van der Waals surface area contributed by atoms with Crippen LogP contribution in [0.2, 0.25) is 0 Å². The van der Waals surface area contributed by atoms with E-state index in [4.69, 9.17) is 4.74 Å². The molecule has 0 aliphatic heterocycles. The highest BCUT2D eigenvalue weighted by molar-refractivity contribution is 7.85. The van der Waals surface area contributed by atoms with Crippen LogP contribution in [0.1, 0.15) is 44.6 Å². The molecule has 0 heterocycles. The van der Waals surface area contributed by atoms with E-state index < -0.39 is 10.1 Å². The van der Waals surface area contributed by atoms with Gasteiger partial charge in [0.1, 0.15) is 17.2 Å². The topological polar surface area (TPSA) is 83.8 Å². The van der Waals surface area contributed by atoms with Crippen LogP contribution in [0, 0.1) is 0 Å². The third-order valence-electron chi connectivity index (χ3n) is 3.86. The second kappa shape index (κ2) is 8.87. The number of phenols is 1. The lowest BCUT2D eigenvalue weighted by Gasteiger charge is -2.10. The van der Waals surface area contributed by atoms with E-state index in [-0.39, 0.29) is 10.6 Å². The predicted molar refractivity (Wildman–Crippen MR) is 96.9 cm³/mol. The molecule has 0 unspecified atom stereocenters. The van der Waals surface area contributed by atoms with Gasteiger partial charge in [0.2, 0.25) is 0 Å². The van der Waals surface area contributed by atoms with Crippen molar-refractivity contribution < 1.29 is 22.8 Å². The fraction of sp³-hybridized carbons (Fsp3) is 0.368. The Labute approximate surface area is 149 Å². The van der Waals surface area contributed by atoms with Gasteiger partial charge in [-0.2, -0.15) is 8.42 Å². The van der Waals surface area contributed by atoms with E-state index >= 15 is 0 Å². The van der Waals surface area contributed by atoms with E-state index in [0.717, 1.165) is 24.8 Å². The number of hydrogen-bond donors (Lipinski definition) is 2. The van der Waals surface area contributed by atoms with Gasteiger partial charge in [-0.25, -0.2) is 0 Å². The average molecular weight is 364 g/mol. The molecule has 0 aromatic heterocycles. The van der Waals surface area contributed by atoms with Crippen LogP contribution in [0.25, 0.3) is 0 Å². The standard InChI is InChI=1S/C19H24O5S/c1-2-3-4-5-6-8-15-11-18(14-19(12-15)25(21,22)23)24-17-10-7-9-16(20)13-17/h7,9-14,20H,2-6,8H2,1H3,(H,21,22,23). The van der Waals surface area contributed by atoms with Gasteiger partial charge in [-0.15, -0.1) is 0 Å². The number of hydrogen-bond acceptors (Lipinski definition) is 4. The van der Waals surface area contributed by atoms with Crippen LogP contribution in [-0.4, -0.2) is 18.1 Å². The van der Waals surface area contributed by atoms with Gasteiger partial charge in [0.05, 0.1) is 4.90 Å². The van der Waals surface area contributed by atoms with Crippen molar-refractivity contribution in [1.82, 2.24) is 0 Å². The molecule has 0 saturated heterocycles. The fourth-order valence-electron chi connectivity index (χ4n) is 2.60. The summed E-state index contributed by atoms with van der Waals surface area (Å²) < 4.78 is 38.0. The third kappa shape index (κ3) is 6.40. The Morgan fingerprint density at radius 2 is 1.72 bits per heavy atom. The van der Waals surface area contributed by atoms with Gasteiger partial charge in [-0.05, 0) is 42.7 Å². The molecule has 0 fully saturated rings. The van der Waals surface area contributed by atoms with Crippen molar-refractivity contribution in [3.05, 3.63) is 48.0 Å². The number of rotatable bonds is 9. The molecule has 0 aliphatic rings. The van der Waals surface area contributed by atoms with Crippen molar-refractivity contribution in [2.24, 2.45) is 0 Å². The molecule has 0 amide bonds. The van der Waals surface area contributed by atoms with Gasteiger partial charge in [0.25, 0.3) is 10.1 Å². The second-order valence-corrected chi connectivity index (χ2v) is 7.47. The summed E-state index contributed by atoms with van der Waals surface area (Å²) in [6.45, 7) is 2.15. The molecular formula is C19H24O5S. The van der Waals surface area contributed by atoms with Crippen molar-refractivity contribution in [3.8, 4) is 17.2 Å². The molecule has 2 rings (SSSR count). The summed E-state index contributed by atoms with van der Waals surface area (Å²) in [7, 11) is -4.32. The summed E-state index contributed by atoms with van der Waals surface area (Å²) in [5.74, 6) is 0.755. The zero-order valence-corrected chi connectivity index (χ0v) is 15.1. The number of aromatic hydroxyl groups is 1. The van der Waals surface area contributed by atoms with Gasteiger partial charge >= 0.3 is 0 Å². The number of ether oxygens (including phenoxy) is 1. The molecule has 25 heavy (non-hydrogen) atoms. The van der Waals surface area contributed by atoms with Gasteiger partial charge in [0, 0.05) is 12.1 Å². The maximum Gasteiger partial charge on any atom is 0.294 e. The molecule has 5 nitrogen and oxygen atoms in total. The van der Waals surface area contributed by atoms with E-state index in [1.165, 1.54) is 37.1 Å². The molecule has 0 aliphatic carbocycles. The minimum atomic E-state index is -4.32. The Kier molecular flexibility index (Phi) is 6.84. The summed E-state index contributed by atoms with van der Waals surface area (Å²) in [6.07, 6.45) is 6.24. The molecule has 0 saturated carbocycles. The van der Waals surface area contributed by atoms with Crippen molar-refractivity contribution in [1.29, 1.82) is 0 Å². The van der Waals surface area contributed by atoms with Crippen molar-refractivity contribution in [2.45, 2.75) is 50.3 Å². The maximum absolute atomic E-state index is 11.5. The largest absolute Gasteiger partial charge is 0.508 e. The average Bonchev–Trinajstić information content (AvgIpc) is 2.54. The lowest BCUT2D eigenvalue weighted by atomic mass is 10.1. The van der Waals surface area contributed by atoms with Crippen LogP contribution >= 0.6 is 0 Å². The molecule has 0 radical (unpaired) electrons. The van der Waals surface area contributed by atoms with Gasteiger partial charge < -0.3 is 9.84 Å². The fourth-order valence-corrected chi connectivity index (χ4v) is 3.16. The minimum Gasteiger partial charge on any atom is -0.508 e. The predicted octanol–water partition coefficient (Wildman–Crippen LogP) is 4.94. The highest BCUT2D eigenvalue weighted by Gasteiger charge is 2.13. The smallest absolute Gasteiger partial charge is 0.294 e. The molecule has 6 heteroatoms. The monoisotopic (exact) mass is 364 g/mol. The third-order valence-corrected chi connectivity index (χ3v) is 4.69. The van der Waals surface area contributed by atoms with Crippen LogP contribution in [0.15, 0.2) is 47.4 Å². The lowest BCUT2D eigenvalue weighted by molar-refractivity contribution is 0.452. The Balaban J connectivity index is 2.18. The van der Waals surface area contributed by atoms with Crippen molar-refractivity contribution >= 4 is 10.1 Å². The zero-order chi connectivity index (χ0) is 18.3. The van der Waals surface area contributed by atoms with Crippen LogP contribution in [0.5, 0.6) is 17.2 Å². The first-order valence-electron chi connectivity index (χ1n) is 8.47. The summed E-state index contributed by atoms with van der Waals surface area (Å²) in [4.78, 5) is -0.186.